The molecule has 0 saturated heterocycles. The number of hydrogen-bond donors (Lipinski definition) is 1. The number of halogens is 4. The van der Waals surface area contributed by atoms with E-state index in [1.807, 2.05) is 10.7 Å². The molecule has 4 rings (SSSR count). The normalized spacial score (nSPS) is 14.6. The van der Waals surface area contributed by atoms with E-state index in [0.29, 0.717) is 27.2 Å². The number of fused-ring (bicyclic) bond motifs is 1. The van der Waals surface area contributed by atoms with Crippen LogP contribution in [-0.4, -0.2) is 32.7 Å². The summed E-state index contributed by atoms with van der Waals surface area (Å²) < 4.78 is 45.5. The predicted molar refractivity (Wildman–Crippen MR) is 100 cm³/mol. The lowest BCUT2D eigenvalue weighted by Crippen LogP contribution is -2.28. The van der Waals surface area contributed by atoms with Crippen molar-refractivity contribution in [3.8, 4) is 11.6 Å². The first-order valence-corrected chi connectivity index (χ1v) is 9.61. The molecular weight excluding hydrogens is 439 g/mol. The topological polar surface area (TPSA) is 64.9 Å². The fourth-order valence-corrected chi connectivity index (χ4v) is 3.33. The second kappa shape index (κ2) is 7.67. The lowest BCUT2D eigenvalue weighted by atomic mass is 10.2. The summed E-state index contributed by atoms with van der Waals surface area (Å²) in [4.78, 5) is 4.16. The zero-order chi connectivity index (χ0) is 19.7. The van der Waals surface area contributed by atoms with Gasteiger partial charge in [-0.25, -0.2) is 9.67 Å². The van der Waals surface area contributed by atoms with E-state index in [9.17, 15) is 13.2 Å². The second-order valence-electron chi connectivity index (χ2n) is 6.75. The van der Waals surface area contributed by atoms with Crippen LogP contribution in [0.2, 0.25) is 0 Å². The first-order chi connectivity index (χ1) is 13.4. The summed E-state index contributed by atoms with van der Waals surface area (Å²) in [6.07, 6.45) is -0.312. The number of nitrogens with zero attached hydrogens (tertiary/aromatic N) is 4. The summed E-state index contributed by atoms with van der Waals surface area (Å²) in [5.74, 6) is 1.38. The fourth-order valence-electron chi connectivity index (χ4n) is 2.84. The molecule has 1 saturated carbocycles. The summed E-state index contributed by atoms with van der Waals surface area (Å²) >= 11 is 3.50. The van der Waals surface area contributed by atoms with Crippen LogP contribution in [0.1, 0.15) is 18.4 Å². The highest BCUT2D eigenvalue weighted by Crippen LogP contribution is 2.36. The number of benzene rings is 1. The lowest BCUT2D eigenvalue weighted by molar-refractivity contribution is -0.125. The Hall–Kier alpha value is -2.20. The zero-order valence-corrected chi connectivity index (χ0v) is 16.3. The van der Waals surface area contributed by atoms with Crippen molar-refractivity contribution in [1.29, 1.82) is 0 Å². The van der Waals surface area contributed by atoms with Crippen LogP contribution in [-0.2, 0) is 13.1 Å². The van der Waals surface area contributed by atoms with Crippen LogP contribution in [0.3, 0.4) is 0 Å². The van der Waals surface area contributed by atoms with E-state index in [1.54, 1.807) is 18.2 Å². The van der Waals surface area contributed by atoms with Crippen LogP contribution in [0, 0.1) is 5.92 Å². The van der Waals surface area contributed by atoms with Crippen molar-refractivity contribution >= 4 is 27.0 Å². The van der Waals surface area contributed by atoms with Gasteiger partial charge in [-0.15, -0.1) is 5.10 Å². The maximum absolute atomic E-state index is 12.4. The molecule has 2 heterocycles. The van der Waals surface area contributed by atoms with Gasteiger partial charge in [-0.1, -0.05) is 11.3 Å². The average molecular weight is 456 g/mol. The van der Waals surface area contributed by atoms with Gasteiger partial charge in [-0.05, 0) is 52.9 Å². The standard InChI is InChI=1S/C18H17BrF3N5O/c19-15-14(6-5-13-16(15)25-26-27(13)9-11-3-4-11)28-17-12(2-1-7-24-17)8-23-10-18(20,21)22/h1-2,5-7,11,23H,3-4,8-10H2. The van der Waals surface area contributed by atoms with Crippen LogP contribution in [0.15, 0.2) is 34.9 Å². The Morgan fingerprint density at radius 3 is 2.82 bits per heavy atom. The van der Waals surface area contributed by atoms with Gasteiger partial charge in [-0.3, -0.25) is 0 Å². The number of aromatic nitrogens is 4. The summed E-state index contributed by atoms with van der Waals surface area (Å²) in [5.41, 5.74) is 2.10. The molecule has 2 aromatic heterocycles. The number of rotatable bonds is 7. The van der Waals surface area contributed by atoms with Crippen molar-refractivity contribution in [2.75, 3.05) is 6.54 Å². The van der Waals surface area contributed by atoms with Crippen molar-refractivity contribution in [1.82, 2.24) is 25.3 Å². The van der Waals surface area contributed by atoms with Crippen molar-refractivity contribution in [2.45, 2.75) is 32.1 Å². The maximum Gasteiger partial charge on any atom is 0.401 e. The van der Waals surface area contributed by atoms with Gasteiger partial charge in [-0.2, -0.15) is 13.2 Å². The first kappa shape index (κ1) is 19.1. The van der Waals surface area contributed by atoms with Gasteiger partial charge in [0.2, 0.25) is 5.88 Å². The van der Waals surface area contributed by atoms with Gasteiger partial charge in [0.1, 0.15) is 11.3 Å². The Morgan fingerprint density at radius 1 is 1.25 bits per heavy atom. The highest BCUT2D eigenvalue weighted by molar-refractivity contribution is 9.10. The molecule has 0 radical (unpaired) electrons. The van der Waals surface area contributed by atoms with Crippen molar-refractivity contribution < 1.29 is 17.9 Å². The molecular formula is C18H17BrF3N5O. The van der Waals surface area contributed by atoms with Crippen LogP contribution in [0.25, 0.3) is 11.0 Å². The van der Waals surface area contributed by atoms with E-state index in [2.05, 4.69) is 36.5 Å². The number of ether oxygens (including phenoxy) is 1. The van der Waals surface area contributed by atoms with Gasteiger partial charge < -0.3 is 10.1 Å². The number of hydrogen-bond acceptors (Lipinski definition) is 5. The highest BCUT2D eigenvalue weighted by Gasteiger charge is 2.26. The molecule has 28 heavy (non-hydrogen) atoms. The quantitative estimate of drug-likeness (QED) is 0.570. The van der Waals surface area contributed by atoms with E-state index in [4.69, 9.17) is 4.74 Å². The monoisotopic (exact) mass is 455 g/mol. The van der Waals surface area contributed by atoms with Crippen LogP contribution in [0.4, 0.5) is 13.2 Å². The molecule has 1 aliphatic carbocycles. The minimum atomic E-state index is -4.27. The predicted octanol–water partition coefficient (Wildman–Crippen LogP) is 4.44. The summed E-state index contributed by atoms with van der Waals surface area (Å²) in [6.45, 7) is -0.250. The number of alkyl halides is 3. The highest BCUT2D eigenvalue weighted by atomic mass is 79.9. The number of pyridine rings is 1. The van der Waals surface area contributed by atoms with Gasteiger partial charge >= 0.3 is 6.18 Å². The molecule has 0 aliphatic heterocycles. The minimum absolute atomic E-state index is 0.0138. The van der Waals surface area contributed by atoms with Gasteiger partial charge in [0.05, 0.1) is 16.5 Å². The molecule has 3 aromatic rings. The first-order valence-electron chi connectivity index (χ1n) is 8.81. The summed E-state index contributed by atoms with van der Waals surface area (Å²) in [7, 11) is 0. The molecule has 0 unspecified atom stereocenters. The van der Waals surface area contributed by atoms with Crippen molar-refractivity contribution in [3.63, 3.8) is 0 Å². The Balaban J connectivity index is 1.54. The summed E-state index contributed by atoms with van der Waals surface area (Å²) in [5, 5.41) is 10.8. The van der Waals surface area contributed by atoms with E-state index in [-0.39, 0.29) is 12.4 Å². The Labute approximate surface area is 167 Å². The molecule has 0 bridgehead atoms. The van der Waals surface area contributed by atoms with Crippen LogP contribution >= 0.6 is 15.9 Å². The molecule has 0 atom stereocenters. The lowest BCUT2D eigenvalue weighted by Gasteiger charge is -2.13. The van der Waals surface area contributed by atoms with Crippen molar-refractivity contribution in [2.24, 2.45) is 5.92 Å². The van der Waals surface area contributed by atoms with Crippen LogP contribution < -0.4 is 10.1 Å². The minimum Gasteiger partial charge on any atom is -0.437 e. The van der Waals surface area contributed by atoms with Gasteiger partial charge in [0.15, 0.2) is 0 Å². The van der Waals surface area contributed by atoms with Gasteiger partial charge in [0.25, 0.3) is 0 Å². The third kappa shape index (κ3) is 4.44. The van der Waals surface area contributed by atoms with E-state index >= 15 is 0 Å². The van der Waals surface area contributed by atoms with Gasteiger partial charge in [0, 0.05) is 24.8 Å². The zero-order valence-electron chi connectivity index (χ0n) is 14.7. The smallest absolute Gasteiger partial charge is 0.401 e. The van der Waals surface area contributed by atoms with Crippen molar-refractivity contribution in [3.05, 3.63) is 40.5 Å². The molecule has 1 aliphatic rings. The molecule has 1 N–H and O–H groups in total. The fraction of sp³-hybridized carbons (Fsp3) is 0.389. The molecule has 0 amide bonds. The second-order valence-corrected chi connectivity index (χ2v) is 7.54. The van der Waals surface area contributed by atoms with E-state index < -0.39 is 12.7 Å². The molecule has 1 fully saturated rings. The third-order valence-electron chi connectivity index (χ3n) is 4.42. The molecule has 10 heteroatoms. The van der Waals surface area contributed by atoms with Crippen LogP contribution in [0.5, 0.6) is 11.6 Å². The SMILES string of the molecule is FC(F)(F)CNCc1cccnc1Oc1ccc2c(nnn2CC2CC2)c1Br. The molecule has 1 aromatic carbocycles. The van der Waals surface area contributed by atoms with E-state index in [1.165, 1.54) is 19.0 Å². The molecule has 0 spiro atoms. The Bertz CT molecular complexity index is 987. The maximum atomic E-state index is 12.4. The summed E-state index contributed by atoms with van der Waals surface area (Å²) in [6, 6.07) is 6.98. The average Bonchev–Trinajstić information content (AvgIpc) is 3.36. The van der Waals surface area contributed by atoms with E-state index in [0.717, 1.165) is 12.1 Å². The largest absolute Gasteiger partial charge is 0.437 e. The Morgan fingerprint density at radius 2 is 2.07 bits per heavy atom. The molecule has 148 valence electrons. The third-order valence-corrected chi connectivity index (χ3v) is 5.18. The number of nitrogens with one attached hydrogen (secondary N) is 1. The molecule has 6 nitrogen and oxygen atoms in total. The Kier molecular flexibility index (Phi) is 5.24.